The van der Waals surface area contributed by atoms with Crippen LogP contribution >= 0.6 is 0 Å². The van der Waals surface area contributed by atoms with Gasteiger partial charge in [0.2, 0.25) is 0 Å². The van der Waals surface area contributed by atoms with Gasteiger partial charge in [-0.2, -0.15) is 0 Å². The van der Waals surface area contributed by atoms with Crippen LogP contribution < -0.4 is 5.32 Å². The molecule has 5 fully saturated rings. The number of carboxylic acids is 1. The van der Waals surface area contributed by atoms with Crippen molar-refractivity contribution in [2.24, 2.45) is 29.6 Å². The van der Waals surface area contributed by atoms with E-state index in [1.54, 1.807) is 0 Å². The summed E-state index contributed by atoms with van der Waals surface area (Å²) in [6, 6.07) is 0.416. The Labute approximate surface area is 131 Å². The average Bonchev–Trinajstić information content (AvgIpc) is 2.50. The molecule has 0 aromatic heterocycles. The molecule has 0 aromatic carbocycles. The first-order chi connectivity index (χ1) is 10.6. The maximum absolute atomic E-state index is 12.5. The van der Waals surface area contributed by atoms with Gasteiger partial charge < -0.3 is 15.3 Å². The number of hydrogen-bond acceptors (Lipinski definition) is 2. The number of aliphatic carboxylic acids is 1. The molecular formula is C17H26N2O3. The van der Waals surface area contributed by atoms with Crippen molar-refractivity contribution in [3.05, 3.63) is 0 Å². The van der Waals surface area contributed by atoms with E-state index in [4.69, 9.17) is 5.11 Å². The fraction of sp³-hybridized carbons (Fsp3) is 0.882. The molecule has 1 heterocycles. The molecule has 5 aliphatic rings. The van der Waals surface area contributed by atoms with Crippen LogP contribution in [0.25, 0.3) is 0 Å². The lowest BCUT2D eigenvalue weighted by Gasteiger charge is -2.54. The molecule has 0 atom stereocenters. The number of hydrogen-bond donors (Lipinski definition) is 2. The first-order valence-electron chi connectivity index (χ1n) is 8.88. The maximum Gasteiger partial charge on any atom is 0.317 e. The molecule has 1 aliphatic heterocycles. The predicted molar refractivity (Wildman–Crippen MR) is 81.3 cm³/mol. The Hall–Kier alpha value is -1.26. The third kappa shape index (κ3) is 2.48. The molecular weight excluding hydrogens is 280 g/mol. The summed E-state index contributed by atoms with van der Waals surface area (Å²) < 4.78 is 0. The minimum absolute atomic E-state index is 0.0429. The SMILES string of the molecule is O=C(O)C1CCN(C(=O)NC2C3CC4CC(C3)CC2C4)CC1. The molecule has 2 amide bonds. The standard InChI is InChI=1S/C17H26N2O3/c20-16(21)12-1-3-19(4-2-12)17(22)18-15-13-6-10-5-11(8-13)9-14(15)7-10/h10-15H,1-9H2,(H,18,22)(H,20,21). The van der Waals surface area contributed by atoms with Crippen molar-refractivity contribution >= 4 is 12.0 Å². The zero-order valence-corrected chi connectivity index (χ0v) is 13.0. The smallest absolute Gasteiger partial charge is 0.317 e. The van der Waals surface area contributed by atoms with Crippen molar-refractivity contribution in [3.8, 4) is 0 Å². The molecule has 1 saturated heterocycles. The molecule has 4 aliphatic carbocycles. The summed E-state index contributed by atoms with van der Waals surface area (Å²) in [5.41, 5.74) is 0. The molecule has 0 spiro atoms. The molecule has 122 valence electrons. The van der Waals surface area contributed by atoms with Gasteiger partial charge in [-0.05, 0) is 68.6 Å². The summed E-state index contributed by atoms with van der Waals surface area (Å²) >= 11 is 0. The van der Waals surface area contributed by atoms with Gasteiger partial charge in [-0.1, -0.05) is 0 Å². The third-order valence-corrected chi connectivity index (χ3v) is 6.65. The fourth-order valence-corrected chi connectivity index (χ4v) is 5.72. The molecule has 4 saturated carbocycles. The van der Waals surface area contributed by atoms with Gasteiger partial charge in [-0.25, -0.2) is 4.79 Å². The molecule has 0 radical (unpaired) electrons. The van der Waals surface area contributed by atoms with E-state index in [-0.39, 0.29) is 11.9 Å². The third-order valence-electron chi connectivity index (χ3n) is 6.65. The number of urea groups is 1. The lowest BCUT2D eigenvalue weighted by atomic mass is 9.54. The second-order valence-electron chi connectivity index (χ2n) is 8.01. The van der Waals surface area contributed by atoms with Gasteiger partial charge in [0.15, 0.2) is 0 Å². The van der Waals surface area contributed by atoms with Gasteiger partial charge in [0.05, 0.1) is 5.92 Å². The number of carboxylic acid groups (broad SMARTS) is 1. The van der Waals surface area contributed by atoms with Crippen LogP contribution in [0.2, 0.25) is 0 Å². The second-order valence-corrected chi connectivity index (χ2v) is 8.01. The summed E-state index contributed by atoms with van der Waals surface area (Å²) in [7, 11) is 0. The molecule has 0 aromatic rings. The van der Waals surface area contributed by atoms with Crippen LogP contribution in [0, 0.1) is 29.6 Å². The van der Waals surface area contributed by atoms with Crippen LogP contribution in [0.3, 0.4) is 0 Å². The molecule has 2 N–H and O–H groups in total. The molecule has 5 heteroatoms. The number of carbonyl (C=O) groups excluding carboxylic acids is 1. The first-order valence-corrected chi connectivity index (χ1v) is 8.88. The predicted octanol–water partition coefficient (Wildman–Crippen LogP) is 2.32. The van der Waals surface area contributed by atoms with Crippen LogP contribution in [-0.4, -0.2) is 41.1 Å². The molecule has 5 rings (SSSR count). The average molecular weight is 306 g/mol. The number of carbonyl (C=O) groups is 2. The van der Waals surface area contributed by atoms with Crippen molar-refractivity contribution in [2.45, 2.75) is 51.0 Å². The Balaban J connectivity index is 1.34. The number of nitrogens with zero attached hydrogens (tertiary/aromatic N) is 1. The summed E-state index contributed by atoms with van der Waals surface area (Å²) in [5, 5.41) is 12.4. The van der Waals surface area contributed by atoms with Crippen LogP contribution in [0.5, 0.6) is 0 Å². The quantitative estimate of drug-likeness (QED) is 0.822. The van der Waals surface area contributed by atoms with E-state index in [9.17, 15) is 9.59 Å². The van der Waals surface area contributed by atoms with Crippen LogP contribution in [0.4, 0.5) is 4.79 Å². The lowest BCUT2D eigenvalue weighted by molar-refractivity contribution is -0.143. The van der Waals surface area contributed by atoms with E-state index in [0.29, 0.717) is 43.8 Å². The zero-order valence-electron chi connectivity index (χ0n) is 13.0. The number of rotatable bonds is 2. The van der Waals surface area contributed by atoms with Gasteiger partial charge in [-0.15, -0.1) is 0 Å². The summed E-state index contributed by atoms with van der Waals surface area (Å²) in [4.78, 5) is 25.4. The number of amides is 2. The fourth-order valence-electron chi connectivity index (χ4n) is 5.72. The van der Waals surface area contributed by atoms with E-state index in [1.807, 2.05) is 4.90 Å². The Morgan fingerprint density at radius 3 is 1.95 bits per heavy atom. The monoisotopic (exact) mass is 306 g/mol. The number of nitrogens with one attached hydrogen (secondary N) is 1. The van der Waals surface area contributed by atoms with Crippen molar-refractivity contribution in [1.82, 2.24) is 10.2 Å². The van der Waals surface area contributed by atoms with E-state index >= 15 is 0 Å². The van der Waals surface area contributed by atoms with Gasteiger partial charge in [0.1, 0.15) is 0 Å². The number of piperidine rings is 1. The Bertz CT molecular complexity index is 443. The van der Waals surface area contributed by atoms with Gasteiger partial charge >= 0.3 is 12.0 Å². The van der Waals surface area contributed by atoms with Crippen molar-refractivity contribution < 1.29 is 14.7 Å². The highest BCUT2D eigenvalue weighted by atomic mass is 16.4. The highest BCUT2D eigenvalue weighted by Gasteiger charge is 2.48. The maximum atomic E-state index is 12.5. The largest absolute Gasteiger partial charge is 0.481 e. The van der Waals surface area contributed by atoms with E-state index in [2.05, 4.69) is 5.32 Å². The summed E-state index contributed by atoms with van der Waals surface area (Å²) in [6.45, 7) is 1.16. The summed E-state index contributed by atoms with van der Waals surface area (Å²) in [6.07, 6.45) is 7.82. The van der Waals surface area contributed by atoms with Crippen LogP contribution in [-0.2, 0) is 4.79 Å². The molecule has 4 bridgehead atoms. The zero-order chi connectivity index (χ0) is 15.3. The highest BCUT2D eigenvalue weighted by Crippen LogP contribution is 2.53. The molecule has 0 unspecified atom stereocenters. The topological polar surface area (TPSA) is 69.6 Å². The number of likely N-dealkylation sites (tertiary alicyclic amines) is 1. The molecule has 5 nitrogen and oxygen atoms in total. The first kappa shape index (κ1) is 14.3. The van der Waals surface area contributed by atoms with Crippen LogP contribution in [0.1, 0.15) is 44.9 Å². The minimum Gasteiger partial charge on any atom is -0.481 e. The lowest BCUT2D eigenvalue weighted by Crippen LogP contribution is -2.58. The Morgan fingerprint density at radius 1 is 0.909 bits per heavy atom. The van der Waals surface area contributed by atoms with E-state index < -0.39 is 5.97 Å². The van der Waals surface area contributed by atoms with Crippen molar-refractivity contribution in [2.75, 3.05) is 13.1 Å². The van der Waals surface area contributed by atoms with E-state index in [0.717, 1.165) is 11.8 Å². The van der Waals surface area contributed by atoms with Crippen molar-refractivity contribution in [3.63, 3.8) is 0 Å². The van der Waals surface area contributed by atoms with Crippen molar-refractivity contribution in [1.29, 1.82) is 0 Å². The van der Waals surface area contributed by atoms with Gasteiger partial charge in [0, 0.05) is 19.1 Å². The van der Waals surface area contributed by atoms with Gasteiger partial charge in [-0.3, -0.25) is 4.79 Å². The molecule has 22 heavy (non-hydrogen) atoms. The van der Waals surface area contributed by atoms with E-state index in [1.165, 1.54) is 32.1 Å². The Morgan fingerprint density at radius 2 is 1.45 bits per heavy atom. The highest BCUT2D eigenvalue weighted by molar-refractivity contribution is 5.75. The Kier molecular flexibility index (Phi) is 3.54. The second kappa shape index (κ2) is 5.43. The summed E-state index contributed by atoms with van der Waals surface area (Å²) in [5.74, 6) is 2.23. The normalized spacial score (nSPS) is 40.7. The minimum atomic E-state index is -0.721. The van der Waals surface area contributed by atoms with Gasteiger partial charge in [0.25, 0.3) is 0 Å². The van der Waals surface area contributed by atoms with Crippen LogP contribution in [0.15, 0.2) is 0 Å².